The maximum absolute atomic E-state index is 14.2. The molecule has 1 aromatic heterocycles. The minimum atomic E-state index is -0.624. The predicted octanol–water partition coefficient (Wildman–Crippen LogP) is 4.96. The van der Waals surface area contributed by atoms with Gasteiger partial charge in [0, 0.05) is 11.3 Å². The number of hydrogen-bond acceptors (Lipinski definition) is 6. The number of hydrogen-bond donors (Lipinski definition) is 0. The van der Waals surface area contributed by atoms with Gasteiger partial charge in [-0.25, -0.2) is 4.79 Å². The molecule has 0 amide bonds. The van der Waals surface area contributed by atoms with E-state index in [1.54, 1.807) is 29.9 Å². The van der Waals surface area contributed by atoms with E-state index >= 15 is 0 Å². The Morgan fingerprint density at radius 1 is 1.00 bits per heavy atom. The molecule has 0 N–H and O–H groups in total. The van der Waals surface area contributed by atoms with Crippen molar-refractivity contribution in [2.75, 3.05) is 21.0 Å². The van der Waals surface area contributed by atoms with Crippen LogP contribution in [0.4, 0.5) is 0 Å². The van der Waals surface area contributed by atoms with Gasteiger partial charge in [-0.3, -0.25) is 4.79 Å². The first-order valence-corrected chi connectivity index (χ1v) is 11.5. The van der Waals surface area contributed by atoms with Crippen molar-refractivity contribution >= 4 is 16.9 Å². The Hall–Kier alpha value is -4.52. The normalized spacial score (nSPS) is 13.4. The van der Waals surface area contributed by atoms with Crippen LogP contribution in [-0.2, 0) is 20.6 Å². The van der Waals surface area contributed by atoms with Gasteiger partial charge < -0.3 is 23.5 Å². The molecular weight excluding hydrogens is 458 g/mol. The molecule has 0 aliphatic carbocycles. The third-order valence-electron chi connectivity index (χ3n) is 6.27. The molecule has 4 aromatic rings. The van der Waals surface area contributed by atoms with E-state index in [-0.39, 0.29) is 23.5 Å². The lowest BCUT2D eigenvalue weighted by Gasteiger charge is -2.24. The molecule has 1 unspecified atom stereocenters. The lowest BCUT2D eigenvalue weighted by atomic mass is 9.87. The lowest BCUT2D eigenvalue weighted by Crippen LogP contribution is -2.28. The number of pyridine rings is 1. The third-order valence-corrected chi connectivity index (χ3v) is 6.27. The zero-order valence-electron chi connectivity index (χ0n) is 20.0. The highest BCUT2D eigenvalue weighted by Crippen LogP contribution is 2.35. The number of aromatic nitrogens is 1. The number of benzene rings is 3. The van der Waals surface area contributed by atoms with Crippen molar-refractivity contribution in [1.29, 1.82) is 0 Å². The molecule has 5 rings (SSSR count). The quantitative estimate of drug-likeness (QED) is 0.346. The summed E-state index contributed by atoms with van der Waals surface area (Å²) in [6.45, 7) is 0.0441. The highest BCUT2D eigenvalue weighted by atomic mass is 16.7. The van der Waals surface area contributed by atoms with Crippen molar-refractivity contribution in [3.63, 3.8) is 0 Å². The van der Waals surface area contributed by atoms with Crippen LogP contribution in [0.15, 0.2) is 95.7 Å². The van der Waals surface area contributed by atoms with Gasteiger partial charge in [0.2, 0.25) is 6.79 Å². The van der Waals surface area contributed by atoms with Crippen LogP contribution in [0.3, 0.4) is 0 Å². The van der Waals surface area contributed by atoms with Crippen molar-refractivity contribution in [2.24, 2.45) is 0 Å². The first-order valence-electron chi connectivity index (χ1n) is 11.5. The Labute approximate surface area is 208 Å². The molecule has 7 nitrogen and oxygen atoms in total. The SMILES string of the molecule is COC(=O)c1c(C(Cc2ccccc2)C2=COCO2)c(=O)c2cc(OC)ccc2n1-c1ccccc1. The summed E-state index contributed by atoms with van der Waals surface area (Å²) in [7, 11) is 2.86. The topological polar surface area (TPSA) is 76.0 Å². The van der Waals surface area contributed by atoms with Gasteiger partial charge in [-0.05, 0) is 42.3 Å². The summed E-state index contributed by atoms with van der Waals surface area (Å²) in [5.74, 6) is -0.207. The maximum Gasteiger partial charge on any atom is 0.355 e. The molecule has 0 radical (unpaired) electrons. The van der Waals surface area contributed by atoms with E-state index in [4.69, 9.17) is 18.9 Å². The maximum atomic E-state index is 14.2. The highest BCUT2D eigenvalue weighted by Gasteiger charge is 2.33. The molecule has 2 heterocycles. The zero-order chi connectivity index (χ0) is 25.1. The van der Waals surface area contributed by atoms with Crippen LogP contribution in [0, 0.1) is 0 Å². The van der Waals surface area contributed by atoms with E-state index in [1.165, 1.54) is 13.4 Å². The molecule has 0 saturated heterocycles. The van der Waals surface area contributed by atoms with Crippen LogP contribution in [0.1, 0.15) is 27.5 Å². The van der Waals surface area contributed by atoms with Crippen molar-refractivity contribution in [3.8, 4) is 11.4 Å². The number of carbonyl (C=O) groups is 1. The van der Waals surface area contributed by atoms with Crippen molar-refractivity contribution < 1.29 is 23.7 Å². The summed E-state index contributed by atoms with van der Waals surface area (Å²) in [6.07, 6.45) is 1.93. The average molecular weight is 484 g/mol. The Morgan fingerprint density at radius 2 is 1.72 bits per heavy atom. The second-order valence-electron chi connectivity index (χ2n) is 8.33. The number of esters is 1. The van der Waals surface area contributed by atoms with Crippen molar-refractivity contribution in [1.82, 2.24) is 4.57 Å². The number of fused-ring (bicyclic) bond motifs is 1. The summed E-state index contributed by atoms with van der Waals surface area (Å²) < 4.78 is 23.6. The number of nitrogens with zero attached hydrogens (tertiary/aromatic N) is 1. The molecule has 36 heavy (non-hydrogen) atoms. The van der Waals surface area contributed by atoms with E-state index in [0.29, 0.717) is 34.5 Å². The van der Waals surface area contributed by atoms with Crippen LogP contribution in [0.2, 0.25) is 0 Å². The molecule has 0 spiro atoms. The Kier molecular flexibility index (Phi) is 6.45. The first-order chi connectivity index (χ1) is 17.6. The number of ether oxygens (including phenoxy) is 4. The molecule has 1 aliphatic heterocycles. The number of para-hydroxylation sites is 1. The van der Waals surface area contributed by atoms with Gasteiger partial charge in [0.25, 0.3) is 0 Å². The standard InChI is InChI=1S/C29H25NO6/c1-33-21-13-14-24-22(16-21)28(31)26(27(29(32)34-2)30(24)20-11-7-4-8-12-20)23(25-17-35-18-36-25)15-19-9-5-3-6-10-19/h3-14,16-17,23H,15,18H2,1-2H3. The van der Waals surface area contributed by atoms with Crippen LogP contribution in [0.5, 0.6) is 5.75 Å². The largest absolute Gasteiger partial charge is 0.497 e. The molecule has 0 saturated carbocycles. The Balaban J connectivity index is 1.90. The Bertz CT molecular complexity index is 1490. The molecule has 0 bridgehead atoms. The summed E-state index contributed by atoms with van der Waals surface area (Å²) >= 11 is 0. The van der Waals surface area contributed by atoms with Crippen LogP contribution < -0.4 is 10.2 Å². The fourth-order valence-electron chi connectivity index (χ4n) is 4.61. The third kappa shape index (κ3) is 4.20. The molecule has 0 fully saturated rings. The monoisotopic (exact) mass is 483 g/mol. The predicted molar refractivity (Wildman–Crippen MR) is 135 cm³/mol. The van der Waals surface area contributed by atoms with Crippen LogP contribution in [0.25, 0.3) is 16.6 Å². The van der Waals surface area contributed by atoms with Gasteiger partial charge >= 0.3 is 5.97 Å². The van der Waals surface area contributed by atoms with E-state index in [1.807, 2.05) is 60.7 Å². The molecule has 3 aromatic carbocycles. The van der Waals surface area contributed by atoms with Crippen LogP contribution >= 0.6 is 0 Å². The lowest BCUT2D eigenvalue weighted by molar-refractivity contribution is 0.0587. The molecule has 7 heteroatoms. The summed E-state index contributed by atoms with van der Waals surface area (Å²) in [4.78, 5) is 27.6. The Morgan fingerprint density at radius 3 is 2.36 bits per heavy atom. The highest BCUT2D eigenvalue weighted by molar-refractivity contribution is 5.96. The average Bonchev–Trinajstić information content (AvgIpc) is 3.47. The van der Waals surface area contributed by atoms with E-state index in [0.717, 1.165) is 5.56 Å². The summed E-state index contributed by atoms with van der Waals surface area (Å²) in [6, 6.07) is 24.4. The molecule has 182 valence electrons. The second kappa shape index (κ2) is 10.00. The number of methoxy groups -OCH3 is 2. The number of carbonyl (C=O) groups excluding carboxylic acids is 1. The molecule has 1 atom stereocenters. The summed E-state index contributed by atoms with van der Waals surface area (Å²) in [5.41, 5.74) is 2.37. The minimum absolute atomic E-state index is 0.0441. The van der Waals surface area contributed by atoms with Gasteiger partial charge in [0.15, 0.2) is 5.43 Å². The number of allylic oxidation sites excluding steroid dienone is 1. The fourth-order valence-corrected chi connectivity index (χ4v) is 4.61. The van der Waals surface area contributed by atoms with E-state index in [2.05, 4.69) is 0 Å². The fraction of sp³-hybridized carbons (Fsp3) is 0.172. The minimum Gasteiger partial charge on any atom is -0.497 e. The second-order valence-corrected chi connectivity index (χ2v) is 8.33. The van der Waals surface area contributed by atoms with Gasteiger partial charge in [-0.1, -0.05) is 48.5 Å². The van der Waals surface area contributed by atoms with Gasteiger partial charge in [-0.15, -0.1) is 0 Å². The number of rotatable bonds is 7. The smallest absolute Gasteiger partial charge is 0.355 e. The van der Waals surface area contributed by atoms with Crippen molar-refractivity contribution in [3.05, 3.63) is 118 Å². The molecular formula is C29H25NO6. The summed E-state index contributed by atoms with van der Waals surface area (Å²) in [5, 5.41) is 0.415. The van der Waals surface area contributed by atoms with Gasteiger partial charge in [0.1, 0.15) is 23.5 Å². The van der Waals surface area contributed by atoms with Crippen LogP contribution in [-0.4, -0.2) is 31.5 Å². The van der Waals surface area contributed by atoms with Gasteiger partial charge in [-0.2, -0.15) is 0 Å². The van der Waals surface area contributed by atoms with E-state index in [9.17, 15) is 9.59 Å². The van der Waals surface area contributed by atoms with Crippen molar-refractivity contribution in [2.45, 2.75) is 12.3 Å². The van der Waals surface area contributed by atoms with E-state index < -0.39 is 11.9 Å². The molecule has 1 aliphatic rings. The zero-order valence-corrected chi connectivity index (χ0v) is 20.0. The van der Waals surface area contributed by atoms with Gasteiger partial charge in [0.05, 0.1) is 31.0 Å². The first kappa shape index (κ1) is 23.2.